The molecule has 0 aromatic carbocycles. The maximum atomic E-state index is 11.6. The van der Waals surface area contributed by atoms with E-state index in [-0.39, 0.29) is 0 Å². The van der Waals surface area contributed by atoms with Gasteiger partial charge in [-0.2, -0.15) is 0 Å². The van der Waals surface area contributed by atoms with E-state index in [9.17, 15) is 55.9 Å². The van der Waals surface area contributed by atoms with Crippen LogP contribution in [0.1, 0.15) is 6.92 Å². The number of aliphatic hydroxyl groups excluding tert-OH is 10. The van der Waals surface area contributed by atoms with Crippen LogP contribution in [0.15, 0.2) is 0 Å². The van der Waals surface area contributed by atoms with Crippen LogP contribution in [0.25, 0.3) is 0 Å². The smallest absolute Gasteiger partial charge is 0.217 e. The van der Waals surface area contributed by atoms with Crippen LogP contribution in [0.5, 0.6) is 0 Å². The molecule has 17 nitrogen and oxygen atoms in total. The molecule has 0 saturated carbocycles. The van der Waals surface area contributed by atoms with Crippen molar-refractivity contribution in [3.8, 4) is 0 Å². The van der Waals surface area contributed by atoms with E-state index in [0.29, 0.717) is 0 Å². The lowest BCUT2D eigenvalue weighted by atomic mass is 9.96. The zero-order valence-corrected chi connectivity index (χ0v) is 19.7. The zero-order chi connectivity index (χ0) is 27.6. The van der Waals surface area contributed by atoms with Crippen LogP contribution >= 0.6 is 0 Å². The maximum Gasteiger partial charge on any atom is 0.217 e. The van der Waals surface area contributed by atoms with E-state index in [1.807, 2.05) is 0 Å². The average Bonchev–Trinajstić information content (AvgIpc) is 2.86. The molecule has 0 aromatic heterocycles. The second-order valence-corrected chi connectivity index (χ2v) is 9.11. The van der Waals surface area contributed by atoms with Gasteiger partial charge in [-0.1, -0.05) is 0 Å². The number of carbonyl (C=O) groups excluding carboxylic acids is 1. The summed E-state index contributed by atoms with van der Waals surface area (Å²) in [7, 11) is 0. The third-order valence-corrected chi connectivity index (χ3v) is 6.47. The first-order valence-electron chi connectivity index (χ1n) is 11.6. The maximum absolute atomic E-state index is 11.6. The van der Waals surface area contributed by atoms with Gasteiger partial charge in [0.15, 0.2) is 18.9 Å². The van der Waals surface area contributed by atoms with Crippen molar-refractivity contribution < 1.29 is 79.5 Å². The molecule has 0 unspecified atom stereocenters. The summed E-state index contributed by atoms with van der Waals surface area (Å²) in [4.78, 5) is 11.6. The fourth-order valence-electron chi connectivity index (χ4n) is 4.36. The van der Waals surface area contributed by atoms with Crippen LogP contribution in [0, 0.1) is 0 Å². The number of amides is 1. The van der Waals surface area contributed by atoms with Crippen LogP contribution < -0.4 is 5.32 Å². The normalized spacial score (nSPS) is 49.0. The van der Waals surface area contributed by atoms with Gasteiger partial charge in [-0.05, 0) is 0 Å². The Balaban J connectivity index is 1.77. The third-order valence-electron chi connectivity index (χ3n) is 6.47. The summed E-state index contributed by atoms with van der Waals surface area (Å²) in [6, 6.07) is -1.32. The summed E-state index contributed by atoms with van der Waals surface area (Å²) in [5.74, 6) is -0.609. The van der Waals surface area contributed by atoms with E-state index in [2.05, 4.69) is 5.32 Å². The molecule has 3 aliphatic rings. The number of ether oxygens (including phenoxy) is 5. The number of hydrogen-bond acceptors (Lipinski definition) is 16. The number of hydrogen-bond donors (Lipinski definition) is 11. The highest BCUT2D eigenvalue weighted by Gasteiger charge is 2.51. The fraction of sp³-hybridized carbons (Fsp3) is 0.950. The first-order valence-corrected chi connectivity index (χ1v) is 11.6. The molecule has 17 heteroatoms. The standard InChI is InChI=1S/C20H35NO16/c1-5(24)21-9-12(27)10(25)6(2-22)35-19(9)33-4-8-17(14(29)15(30)18(32)34-8)37-20-16(31)13(28)11(26)7(3-23)36-20/h6-20,22-23,25-32H,2-4H2,1H3,(H,21,24)/t6-,7-,8-,9-,10-,11+,12-,13+,14-,15-,16-,17-,18-,19-,20+/m1/s1. The van der Waals surface area contributed by atoms with Gasteiger partial charge in [0.2, 0.25) is 5.91 Å². The van der Waals surface area contributed by atoms with Gasteiger partial charge in [-0.15, -0.1) is 0 Å². The predicted octanol–water partition coefficient (Wildman–Crippen LogP) is -7.43. The molecule has 11 N–H and O–H groups in total. The largest absolute Gasteiger partial charge is 0.394 e. The van der Waals surface area contributed by atoms with E-state index in [4.69, 9.17) is 23.7 Å². The van der Waals surface area contributed by atoms with E-state index in [1.165, 1.54) is 0 Å². The van der Waals surface area contributed by atoms with Gasteiger partial charge in [0.05, 0.1) is 19.8 Å². The predicted molar refractivity (Wildman–Crippen MR) is 113 cm³/mol. The highest BCUT2D eigenvalue weighted by atomic mass is 16.7. The van der Waals surface area contributed by atoms with E-state index >= 15 is 0 Å². The Morgan fingerprint density at radius 2 is 1.27 bits per heavy atom. The summed E-state index contributed by atoms with van der Waals surface area (Å²) in [6.45, 7) is -0.939. The van der Waals surface area contributed by atoms with E-state index < -0.39 is 118 Å². The molecule has 3 aliphatic heterocycles. The molecule has 3 rings (SSSR count). The van der Waals surface area contributed by atoms with Crippen molar-refractivity contribution in [2.75, 3.05) is 19.8 Å². The Kier molecular flexibility index (Phi) is 10.5. The lowest BCUT2D eigenvalue weighted by molar-refractivity contribution is -0.360. The molecule has 0 spiro atoms. The average molecular weight is 545 g/mol. The molecule has 0 radical (unpaired) electrons. The number of aliphatic hydroxyl groups is 10. The molecule has 1 amide bonds. The monoisotopic (exact) mass is 545 g/mol. The van der Waals surface area contributed by atoms with E-state index in [1.54, 1.807) is 0 Å². The third kappa shape index (κ3) is 6.55. The first-order chi connectivity index (χ1) is 17.4. The van der Waals surface area contributed by atoms with E-state index in [0.717, 1.165) is 6.92 Å². The van der Waals surface area contributed by atoms with Crippen molar-refractivity contribution >= 4 is 5.91 Å². The van der Waals surface area contributed by atoms with Gasteiger partial charge in [0.25, 0.3) is 0 Å². The van der Waals surface area contributed by atoms with Crippen LogP contribution in [0.3, 0.4) is 0 Å². The lowest BCUT2D eigenvalue weighted by Crippen LogP contribution is -2.66. The molecular formula is C20H35NO16. The highest BCUT2D eigenvalue weighted by molar-refractivity contribution is 5.73. The summed E-state index contributed by atoms with van der Waals surface area (Å²) < 4.78 is 27.1. The summed E-state index contributed by atoms with van der Waals surface area (Å²) in [5, 5.41) is 102. The van der Waals surface area contributed by atoms with Gasteiger partial charge in [0.1, 0.15) is 73.2 Å². The highest BCUT2D eigenvalue weighted by Crippen LogP contribution is 2.30. The van der Waals surface area contributed by atoms with Crippen molar-refractivity contribution in [3.63, 3.8) is 0 Å². The van der Waals surface area contributed by atoms with Gasteiger partial charge in [0, 0.05) is 6.92 Å². The minimum Gasteiger partial charge on any atom is -0.394 e. The van der Waals surface area contributed by atoms with Gasteiger partial charge >= 0.3 is 0 Å². The van der Waals surface area contributed by atoms with Crippen molar-refractivity contribution in [2.45, 2.75) is 99.0 Å². The summed E-state index contributed by atoms with van der Waals surface area (Å²) >= 11 is 0. The Morgan fingerprint density at radius 3 is 1.84 bits per heavy atom. The van der Waals surface area contributed by atoms with Crippen molar-refractivity contribution in [1.29, 1.82) is 0 Å². The number of rotatable bonds is 8. The molecule has 37 heavy (non-hydrogen) atoms. The summed E-state index contributed by atoms with van der Waals surface area (Å²) in [6.07, 6.45) is -23.1. The minimum atomic E-state index is -1.92. The van der Waals surface area contributed by atoms with Gasteiger partial charge < -0.3 is 80.1 Å². The van der Waals surface area contributed by atoms with Gasteiger partial charge in [-0.3, -0.25) is 4.79 Å². The Hall–Kier alpha value is -1.13. The number of carbonyl (C=O) groups is 1. The molecule has 3 saturated heterocycles. The van der Waals surface area contributed by atoms with Crippen LogP contribution in [0.2, 0.25) is 0 Å². The lowest BCUT2D eigenvalue weighted by Gasteiger charge is -2.46. The quantitative estimate of drug-likeness (QED) is 0.135. The molecule has 0 bridgehead atoms. The molecule has 0 aliphatic carbocycles. The molecule has 216 valence electrons. The summed E-state index contributed by atoms with van der Waals surface area (Å²) in [5.41, 5.74) is 0. The second-order valence-electron chi connectivity index (χ2n) is 9.11. The first kappa shape index (κ1) is 30.4. The Bertz CT molecular complexity index is 745. The molecule has 3 heterocycles. The Labute approximate surface area is 210 Å². The zero-order valence-electron chi connectivity index (χ0n) is 19.7. The minimum absolute atomic E-state index is 0.607. The Morgan fingerprint density at radius 1 is 0.703 bits per heavy atom. The molecular weight excluding hydrogens is 510 g/mol. The number of nitrogens with one attached hydrogen (secondary N) is 1. The fourth-order valence-corrected chi connectivity index (χ4v) is 4.36. The van der Waals surface area contributed by atoms with Crippen LogP contribution in [-0.4, -0.2) is 169 Å². The van der Waals surface area contributed by atoms with Crippen molar-refractivity contribution in [2.24, 2.45) is 0 Å². The topological polar surface area (TPSA) is 278 Å². The van der Waals surface area contributed by atoms with Gasteiger partial charge in [-0.25, -0.2) is 0 Å². The second kappa shape index (κ2) is 12.8. The molecule has 3 fully saturated rings. The van der Waals surface area contributed by atoms with Crippen molar-refractivity contribution in [1.82, 2.24) is 5.32 Å². The SMILES string of the molecule is CC(=O)N[C@H]1[C@H](OC[C@H]2O[C@@H](O)[C@H](O)[C@@H](O)[C@@H]2O[C@@H]2O[C@H](CO)[C@H](O)[C@H](O)[C@H]2O)O[C@H](CO)[C@@H](O)[C@@H]1O. The molecule has 0 aromatic rings. The van der Waals surface area contributed by atoms with Crippen LogP contribution in [0.4, 0.5) is 0 Å². The van der Waals surface area contributed by atoms with Crippen LogP contribution in [-0.2, 0) is 28.5 Å². The molecule has 15 atom stereocenters. The van der Waals surface area contributed by atoms with Crippen molar-refractivity contribution in [3.05, 3.63) is 0 Å².